The van der Waals surface area contributed by atoms with E-state index in [0.717, 1.165) is 48.7 Å². The molecule has 1 aromatic carbocycles. The van der Waals surface area contributed by atoms with E-state index >= 15 is 0 Å². The lowest BCUT2D eigenvalue weighted by molar-refractivity contribution is 0.0982. The van der Waals surface area contributed by atoms with Crippen LogP contribution in [0.2, 0.25) is 5.02 Å². The summed E-state index contributed by atoms with van der Waals surface area (Å²) in [5.74, 6) is 2.04. The van der Waals surface area contributed by atoms with Crippen LogP contribution >= 0.6 is 11.6 Å². The maximum atomic E-state index is 6.39. The van der Waals surface area contributed by atoms with Crippen LogP contribution in [0.25, 0.3) is 11.0 Å². The van der Waals surface area contributed by atoms with Gasteiger partial charge in [-0.1, -0.05) is 11.6 Å². The molecule has 3 aliphatic rings. The predicted molar refractivity (Wildman–Crippen MR) is 146 cm³/mol. The number of methoxy groups -OCH3 is 1. The van der Waals surface area contributed by atoms with Gasteiger partial charge in [-0.25, -0.2) is 4.98 Å². The van der Waals surface area contributed by atoms with Crippen LogP contribution in [-0.2, 0) is 0 Å². The lowest BCUT2D eigenvalue weighted by Crippen LogP contribution is -2.52. The van der Waals surface area contributed by atoms with Crippen molar-refractivity contribution in [2.45, 2.75) is 37.8 Å². The van der Waals surface area contributed by atoms with Crippen LogP contribution in [0.1, 0.15) is 25.7 Å². The summed E-state index contributed by atoms with van der Waals surface area (Å²) in [5, 5.41) is 7.43. The first kappa shape index (κ1) is 23.6. The standard InChI is InChI=1S/C26H35ClN8O/c1-33-11-13-35(14-12-33)18-7-9-34(10-8-18)19-5-6-21(22(15-19)36-2)30-26-31-23-20(27)16-28-24(23)25(32-26)29-17-3-4-17/h5-6,15-18,28H,3-4,7-14H2,1-2H3,(H2,29,30,31,32). The molecule has 0 atom stereocenters. The molecule has 3 aromatic rings. The second kappa shape index (κ2) is 9.95. The Balaban J connectivity index is 1.16. The number of rotatable bonds is 7. The van der Waals surface area contributed by atoms with Crippen LogP contribution < -0.4 is 20.3 Å². The third-order valence-corrected chi connectivity index (χ3v) is 8.00. The number of aromatic nitrogens is 3. The van der Waals surface area contributed by atoms with Gasteiger partial charge in [-0.05, 0) is 44.9 Å². The molecule has 1 aliphatic carbocycles. The fourth-order valence-electron chi connectivity index (χ4n) is 5.33. The zero-order chi connectivity index (χ0) is 24.6. The van der Waals surface area contributed by atoms with E-state index in [2.05, 4.69) is 60.5 Å². The summed E-state index contributed by atoms with van der Waals surface area (Å²) >= 11 is 6.39. The SMILES string of the molecule is COc1cc(N2CCC(N3CCN(C)CC3)CC2)ccc1Nc1nc(NC2CC2)c2[nH]cc(Cl)c2n1. The van der Waals surface area contributed by atoms with Crippen molar-refractivity contribution in [3.63, 3.8) is 0 Å². The van der Waals surface area contributed by atoms with E-state index in [4.69, 9.17) is 21.3 Å². The number of likely N-dealkylation sites (N-methyl/N-ethyl adjacent to an activating group) is 1. The van der Waals surface area contributed by atoms with E-state index in [1.165, 1.54) is 44.7 Å². The van der Waals surface area contributed by atoms with Crippen LogP contribution in [0.15, 0.2) is 24.4 Å². The molecule has 9 nitrogen and oxygen atoms in total. The number of benzene rings is 1. The van der Waals surface area contributed by atoms with Crippen LogP contribution in [0.3, 0.4) is 0 Å². The van der Waals surface area contributed by atoms with Gasteiger partial charge in [0.1, 0.15) is 16.8 Å². The van der Waals surface area contributed by atoms with E-state index in [0.29, 0.717) is 28.6 Å². The quantitative estimate of drug-likeness (QED) is 0.437. The summed E-state index contributed by atoms with van der Waals surface area (Å²) in [6, 6.07) is 7.49. The number of piperazine rings is 1. The molecular weight excluding hydrogens is 476 g/mol. The molecule has 0 unspecified atom stereocenters. The summed E-state index contributed by atoms with van der Waals surface area (Å²) in [4.78, 5) is 20.2. The van der Waals surface area contributed by atoms with Gasteiger partial charge in [0.2, 0.25) is 5.95 Å². The van der Waals surface area contributed by atoms with E-state index < -0.39 is 0 Å². The van der Waals surface area contributed by atoms with Gasteiger partial charge >= 0.3 is 0 Å². The highest BCUT2D eigenvalue weighted by atomic mass is 35.5. The number of halogens is 1. The van der Waals surface area contributed by atoms with Crippen LogP contribution in [0.4, 0.5) is 23.1 Å². The molecule has 10 heteroatoms. The van der Waals surface area contributed by atoms with Crippen molar-refractivity contribution < 1.29 is 4.74 Å². The zero-order valence-corrected chi connectivity index (χ0v) is 21.8. The molecule has 3 N–H and O–H groups in total. The van der Waals surface area contributed by atoms with Gasteiger partial charge in [-0.2, -0.15) is 4.98 Å². The van der Waals surface area contributed by atoms with Gasteiger partial charge < -0.3 is 30.2 Å². The highest BCUT2D eigenvalue weighted by molar-refractivity contribution is 6.35. The Hall–Kier alpha value is -2.75. The molecule has 0 spiro atoms. The Bertz CT molecular complexity index is 1210. The molecule has 3 fully saturated rings. The second-order valence-corrected chi connectivity index (χ2v) is 10.6. The third kappa shape index (κ3) is 4.92. The highest BCUT2D eigenvalue weighted by Crippen LogP contribution is 2.35. The minimum absolute atomic E-state index is 0.465. The van der Waals surface area contributed by atoms with Crippen LogP contribution in [0, 0.1) is 0 Å². The van der Waals surface area contributed by atoms with E-state index in [1.807, 2.05) is 0 Å². The molecule has 36 heavy (non-hydrogen) atoms. The summed E-state index contributed by atoms with van der Waals surface area (Å²) in [7, 11) is 3.92. The largest absolute Gasteiger partial charge is 0.494 e. The first-order chi connectivity index (χ1) is 17.6. The topological polar surface area (TPSA) is 84.6 Å². The Morgan fingerprint density at radius 2 is 1.81 bits per heavy atom. The van der Waals surface area contributed by atoms with Gasteiger partial charge in [0.05, 0.1) is 17.8 Å². The number of fused-ring (bicyclic) bond motifs is 1. The molecule has 2 aromatic heterocycles. The van der Waals surface area contributed by atoms with Gasteiger partial charge in [-0.15, -0.1) is 0 Å². The number of piperidine rings is 1. The number of hydrogen-bond acceptors (Lipinski definition) is 8. The minimum Gasteiger partial charge on any atom is -0.494 e. The Kier molecular flexibility index (Phi) is 6.54. The molecular formula is C26H35ClN8O. The average Bonchev–Trinajstić information content (AvgIpc) is 3.65. The van der Waals surface area contributed by atoms with Crippen molar-refractivity contribution in [3.8, 4) is 5.75 Å². The van der Waals surface area contributed by atoms with Crippen molar-refractivity contribution in [1.82, 2.24) is 24.8 Å². The van der Waals surface area contributed by atoms with Gasteiger partial charge in [0.25, 0.3) is 0 Å². The number of anilines is 4. The third-order valence-electron chi connectivity index (χ3n) is 7.71. The fourth-order valence-corrected chi connectivity index (χ4v) is 5.52. The monoisotopic (exact) mass is 510 g/mol. The van der Waals surface area contributed by atoms with Gasteiger partial charge in [-0.3, -0.25) is 4.90 Å². The van der Waals surface area contributed by atoms with Crippen molar-refractivity contribution in [2.75, 3.05) is 69.0 Å². The van der Waals surface area contributed by atoms with Crippen molar-refractivity contribution in [1.29, 1.82) is 0 Å². The lowest BCUT2D eigenvalue weighted by atomic mass is 10.0. The number of H-pyrrole nitrogens is 1. The summed E-state index contributed by atoms with van der Waals surface area (Å²) in [5.41, 5.74) is 3.56. The minimum atomic E-state index is 0.465. The number of aromatic amines is 1. The van der Waals surface area contributed by atoms with Crippen molar-refractivity contribution >= 4 is 45.8 Å². The van der Waals surface area contributed by atoms with E-state index in [1.54, 1.807) is 13.3 Å². The van der Waals surface area contributed by atoms with Crippen molar-refractivity contribution in [2.24, 2.45) is 0 Å². The van der Waals surface area contributed by atoms with E-state index in [-0.39, 0.29) is 0 Å². The molecule has 192 valence electrons. The Morgan fingerprint density at radius 3 is 2.53 bits per heavy atom. The smallest absolute Gasteiger partial charge is 0.230 e. The van der Waals surface area contributed by atoms with Crippen molar-refractivity contribution in [3.05, 3.63) is 29.4 Å². The molecule has 0 bridgehead atoms. The highest BCUT2D eigenvalue weighted by Gasteiger charge is 2.27. The lowest BCUT2D eigenvalue weighted by Gasteiger charge is -2.42. The number of nitrogens with one attached hydrogen (secondary N) is 3. The Morgan fingerprint density at radius 1 is 1.03 bits per heavy atom. The summed E-state index contributed by atoms with van der Waals surface area (Å²) in [6.45, 7) is 6.86. The zero-order valence-electron chi connectivity index (χ0n) is 21.1. The number of nitrogens with zero attached hydrogens (tertiary/aromatic N) is 5. The molecule has 1 saturated carbocycles. The fraction of sp³-hybridized carbons (Fsp3) is 0.538. The van der Waals surface area contributed by atoms with E-state index in [9.17, 15) is 0 Å². The van der Waals surface area contributed by atoms with Crippen LogP contribution in [-0.4, -0.2) is 90.3 Å². The normalized spacial score (nSPS) is 20.1. The second-order valence-electron chi connectivity index (χ2n) is 10.2. The summed E-state index contributed by atoms with van der Waals surface area (Å²) < 4.78 is 5.77. The Labute approximate surface area is 217 Å². The maximum Gasteiger partial charge on any atom is 0.230 e. The number of hydrogen-bond donors (Lipinski definition) is 3. The van der Waals surface area contributed by atoms with Gasteiger partial charge in [0, 0.05) is 69.3 Å². The summed E-state index contributed by atoms with van der Waals surface area (Å²) in [6.07, 6.45) is 6.47. The molecule has 2 saturated heterocycles. The first-order valence-corrected chi connectivity index (χ1v) is 13.4. The predicted octanol–water partition coefficient (Wildman–Crippen LogP) is 4.15. The molecule has 6 rings (SSSR count). The van der Waals surface area contributed by atoms with Crippen LogP contribution in [0.5, 0.6) is 5.75 Å². The number of ether oxygens (including phenoxy) is 1. The average molecular weight is 511 g/mol. The van der Waals surface area contributed by atoms with Gasteiger partial charge in [0.15, 0.2) is 5.82 Å². The molecule has 4 heterocycles. The molecule has 2 aliphatic heterocycles. The maximum absolute atomic E-state index is 6.39. The molecule has 0 amide bonds. The molecule has 0 radical (unpaired) electrons. The first-order valence-electron chi connectivity index (χ1n) is 13.0.